The summed E-state index contributed by atoms with van der Waals surface area (Å²) in [6.07, 6.45) is 9.32. The van der Waals surface area contributed by atoms with Crippen LogP contribution in [-0.4, -0.2) is 0 Å². The minimum atomic E-state index is 1.19. The van der Waals surface area contributed by atoms with Gasteiger partial charge in [0.05, 0.1) is 0 Å². The largest absolute Gasteiger partial charge is 0.0654 e. The van der Waals surface area contributed by atoms with Gasteiger partial charge in [0.1, 0.15) is 0 Å². The van der Waals surface area contributed by atoms with Gasteiger partial charge in [-0.25, -0.2) is 0 Å². The predicted molar refractivity (Wildman–Crippen MR) is 106 cm³/mol. The number of hydrogen-bond donors (Lipinski definition) is 0. The number of unbranched alkanes of at least 4 members (excludes halogenated alkanes) is 5. The van der Waals surface area contributed by atoms with Gasteiger partial charge >= 0.3 is 0 Å². The van der Waals surface area contributed by atoms with Crippen LogP contribution in [0.2, 0.25) is 0 Å². The van der Waals surface area contributed by atoms with Crippen molar-refractivity contribution in [3.05, 3.63) is 60.2 Å². The lowest BCUT2D eigenvalue weighted by molar-refractivity contribution is 0.608. The van der Waals surface area contributed by atoms with Gasteiger partial charge in [-0.3, -0.25) is 0 Å². The van der Waals surface area contributed by atoms with Crippen LogP contribution in [0.5, 0.6) is 0 Å². The Labute approximate surface area is 144 Å². The van der Waals surface area contributed by atoms with Crippen LogP contribution in [0.4, 0.5) is 0 Å². The molecule has 0 saturated carbocycles. The van der Waals surface area contributed by atoms with Gasteiger partial charge in [0.25, 0.3) is 0 Å². The van der Waals surface area contributed by atoms with Crippen molar-refractivity contribution in [1.82, 2.24) is 0 Å². The maximum atomic E-state index is 3.43. The zero-order valence-electron chi connectivity index (χ0n) is 14.6. The fourth-order valence-corrected chi connectivity index (χ4v) is 4.06. The van der Waals surface area contributed by atoms with Crippen molar-refractivity contribution >= 4 is 32.3 Å². The summed E-state index contributed by atoms with van der Waals surface area (Å²) >= 11 is 0. The van der Waals surface area contributed by atoms with Crippen molar-refractivity contribution in [2.75, 3.05) is 0 Å². The third kappa shape index (κ3) is 2.75. The van der Waals surface area contributed by atoms with Crippen LogP contribution in [0, 0.1) is 6.07 Å². The topological polar surface area (TPSA) is 0 Å². The molecule has 1 radical (unpaired) electrons. The first-order valence-corrected chi connectivity index (χ1v) is 9.45. The van der Waals surface area contributed by atoms with Crippen LogP contribution in [-0.2, 0) is 6.42 Å². The van der Waals surface area contributed by atoms with Crippen LogP contribution in [0.15, 0.2) is 48.5 Å². The smallest absolute Gasteiger partial charge is 0.00178 e. The van der Waals surface area contributed by atoms with Crippen LogP contribution >= 0.6 is 0 Å². The van der Waals surface area contributed by atoms with Crippen LogP contribution in [0.1, 0.15) is 51.0 Å². The fraction of sp³-hybridized carbons (Fsp3) is 0.333. The normalized spacial score (nSPS) is 11.9. The van der Waals surface area contributed by atoms with E-state index in [4.69, 9.17) is 0 Å². The molecule has 4 aromatic rings. The van der Waals surface area contributed by atoms with Crippen molar-refractivity contribution in [2.45, 2.75) is 51.9 Å². The minimum absolute atomic E-state index is 1.19. The Balaban J connectivity index is 1.70. The average molecular weight is 313 g/mol. The van der Waals surface area contributed by atoms with Crippen molar-refractivity contribution < 1.29 is 0 Å². The number of rotatable bonds is 7. The molecule has 0 aromatic heterocycles. The zero-order chi connectivity index (χ0) is 16.4. The van der Waals surface area contributed by atoms with Crippen LogP contribution in [0.25, 0.3) is 32.3 Å². The molecular weight excluding hydrogens is 288 g/mol. The molecule has 24 heavy (non-hydrogen) atoms. The quantitative estimate of drug-likeness (QED) is 0.248. The Morgan fingerprint density at radius 1 is 0.792 bits per heavy atom. The monoisotopic (exact) mass is 313 g/mol. The molecule has 0 aliphatic heterocycles. The second kappa shape index (κ2) is 6.81. The first-order chi connectivity index (χ1) is 11.9. The van der Waals surface area contributed by atoms with E-state index in [1.807, 2.05) is 0 Å². The summed E-state index contributed by atoms with van der Waals surface area (Å²) < 4.78 is 0. The Morgan fingerprint density at radius 3 is 2.54 bits per heavy atom. The van der Waals surface area contributed by atoms with Gasteiger partial charge in [-0.15, -0.1) is 0 Å². The molecule has 0 bridgehead atoms. The SMILES string of the molecule is CCCCCCCCc1cc2cccc3ccc4[c]ccc1c4c32. The molecule has 0 fully saturated rings. The molecule has 0 amide bonds. The molecule has 0 aliphatic rings. The summed E-state index contributed by atoms with van der Waals surface area (Å²) in [7, 11) is 0. The summed E-state index contributed by atoms with van der Waals surface area (Å²) in [6.45, 7) is 2.28. The van der Waals surface area contributed by atoms with Crippen LogP contribution < -0.4 is 0 Å². The molecule has 0 spiro atoms. The molecule has 0 saturated heterocycles. The third-order valence-corrected chi connectivity index (χ3v) is 5.31. The Bertz CT molecular complexity index is 948. The molecule has 0 heterocycles. The molecule has 0 N–H and O–H groups in total. The molecule has 0 aliphatic carbocycles. The lowest BCUT2D eigenvalue weighted by Gasteiger charge is -2.14. The number of hydrogen-bond acceptors (Lipinski definition) is 0. The van der Waals surface area contributed by atoms with Gasteiger partial charge in [0, 0.05) is 0 Å². The highest BCUT2D eigenvalue weighted by molar-refractivity contribution is 6.23. The van der Waals surface area contributed by atoms with E-state index in [1.165, 1.54) is 82.8 Å². The molecule has 0 nitrogen and oxygen atoms in total. The van der Waals surface area contributed by atoms with E-state index in [0.717, 1.165) is 0 Å². The van der Waals surface area contributed by atoms with E-state index in [2.05, 4.69) is 61.5 Å². The molecule has 4 rings (SSSR count). The second-order valence-electron chi connectivity index (χ2n) is 7.01. The lowest BCUT2D eigenvalue weighted by Crippen LogP contribution is -1.92. The van der Waals surface area contributed by atoms with E-state index in [-0.39, 0.29) is 0 Å². The molecule has 0 atom stereocenters. The summed E-state index contributed by atoms with van der Waals surface area (Å²) in [4.78, 5) is 0. The van der Waals surface area contributed by atoms with Gasteiger partial charge in [-0.1, -0.05) is 87.6 Å². The van der Waals surface area contributed by atoms with E-state index >= 15 is 0 Å². The Hall–Kier alpha value is -2.08. The van der Waals surface area contributed by atoms with E-state index in [9.17, 15) is 0 Å². The predicted octanol–water partition coefficient (Wildman–Crippen LogP) is 7.29. The van der Waals surface area contributed by atoms with Gasteiger partial charge in [0.2, 0.25) is 0 Å². The second-order valence-corrected chi connectivity index (χ2v) is 7.01. The fourth-order valence-electron chi connectivity index (χ4n) is 4.06. The van der Waals surface area contributed by atoms with E-state index < -0.39 is 0 Å². The Kier molecular flexibility index (Phi) is 4.38. The van der Waals surface area contributed by atoms with Crippen molar-refractivity contribution in [3.63, 3.8) is 0 Å². The van der Waals surface area contributed by atoms with E-state index in [1.54, 1.807) is 0 Å². The molecule has 0 heteroatoms. The van der Waals surface area contributed by atoms with Crippen LogP contribution in [0.3, 0.4) is 0 Å². The molecular formula is C24H25. The van der Waals surface area contributed by atoms with Gasteiger partial charge in [0.15, 0.2) is 0 Å². The highest BCUT2D eigenvalue weighted by Gasteiger charge is 2.11. The lowest BCUT2D eigenvalue weighted by atomic mass is 9.90. The Morgan fingerprint density at radius 2 is 1.62 bits per heavy atom. The summed E-state index contributed by atoms with van der Waals surface area (Å²) in [6, 6.07) is 21.3. The summed E-state index contributed by atoms with van der Waals surface area (Å²) in [5.74, 6) is 0. The molecule has 4 aromatic carbocycles. The zero-order valence-corrected chi connectivity index (χ0v) is 14.6. The van der Waals surface area contributed by atoms with Gasteiger partial charge in [-0.05, 0) is 56.8 Å². The van der Waals surface area contributed by atoms with Crippen molar-refractivity contribution in [3.8, 4) is 0 Å². The molecule has 0 unspecified atom stereocenters. The standard InChI is InChI=1S/C24H25/c1-2-3-4-5-6-7-10-20-17-21-13-8-11-18-15-16-19-12-9-14-22(20)24(19)23(18)21/h8-9,11,13-17H,2-7,10H2,1H3. The summed E-state index contributed by atoms with van der Waals surface area (Å²) in [5.41, 5.74) is 1.51. The van der Waals surface area contributed by atoms with Gasteiger partial charge < -0.3 is 0 Å². The maximum absolute atomic E-state index is 3.43. The maximum Gasteiger partial charge on any atom is -0.00178 e. The van der Waals surface area contributed by atoms with E-state index in [0.29, 0.717) is 0 Å². The summed E-state index contributed by atoms with van der Waals surface area (Å²) in [5, 5.41) is 8.23. The first kappa shape index (κ1) is 15.4. The highest BCUT2D eigenvalue weighted by Crippen LogP contribution is 2.36. The highest BCUT2D eigenvalue weighted by atomic mass is 14.1. The average Bonchev–Trinajstić information content (AvgIpc) is 2.63. The minimum Gasteiger partial charge on any atom is -0.0654 e. The number of aryl methyl sites for hydroxylation is 1. The first-order valence-electron chi connectivity index (χ1n) is 9.45. The molecule has 121 valence electrons. The number of benzene rings is 4. The van der Waals surface area contributed by atoms with Gasteiger partial charge in [-0.2, -0.15) is 0 Å². The van der Waals surface area contributed by atoms with Crippen molar-refractivity contribution in [1.29, 1.82) is 0 Å². The van der Waals surface area contributed by atoms with Crippen molar-refractivity contribution in [2.24, 2.45) is 0 Å². The third-order valence-electron chi connectivity index (χ3n) is 5.31.